The average Bonchev–Trinajstić information content (AvgIpc) is 2.74. The van der Waals surface area contributed by atoms with Gasteiger partial charge in [0.25, 0.3) is 0 Å². The molecule has 7 N–H and O–H groups in total. The summed E-state index contributed by atoms with van der Waals surface area (Å²) < 4.78 is 6.65. The van der Waals surface area contributed by atoms with Gasteiger partial charge < -0.3 is 31.5 Å². The van der Waals surface area contributed by atoms with E-state index >= 15 is 0 Å². The Morgan fingerprint density at radius 2 is 1.78 bits per heavy atom. The number of nitrogen functional groups attached to an aromatic ring is 2. The van der Waals surface area contributed by atoms with Gasteiger partial charge in [-0.3, -0.25) is 0 Å². The monoisotopic (exact) mass is 327 g/mol. The zero-order valence-electron chi connectivity index (χ0n) is 11.5. The van der Waals surface area contributed by atoms with Gasteiger partial charge in [-0.1, -0.05) is 0 Å². The Balaban J connectivity index is 2.30. The average molecular weight is 327 g/mol. The first-order chi connectivity index (χ1) is 10.8. The molecule has 4 atom stereocenters. The van der Waals surface area contributed by atoms with Crippen molar-refractivity contribution in [2.75, 3.05) is 18.1 Å². The minimum absolute atomic E-state index is 0.366. The van der Waals surface area contributed by atoms with Crippen molar-refractivity contribution in [3.63, 3.8) is 0 Å². The molecule has 0 bridgehead atoms. The molecule has 23 heavy (non-hydrogen) atoms. The highest BCUT2D eigenvalue weighted by Gasteiger charge is 2.44. The molecule has 3 rings (SSSR count). The van der Waals surface area contributed by atoms with Crippen molar-refractivity contribution in [2.24, 2.45) is 0 Å². The number of hydrogen-bond donors (Lipinski definition) is 5. The predicted molar refractivity (Wildman–Crippen MR) is 73.1 cm³/mol. The summed E-state index contributed by atoms with van der Waals surface area (Å²) in [6.07, 6.45) is -5.62. The van der Waals surface area contributed by atoms with Gasteiger partial charge in [0.1, 0.15) is 18.3 Å². The smallest absolute Gasteiger partial charge is 0.360 e. The van der Waals surface area contributed by atoms with E-state index in [4.69, 9.17) is 21.3 Å². The normalized spacial score (nSPS) is 27.6. The number of nitrogens with two attached hydrogens (primary N) is 2. The second kappa shape index (κ2) is 5.24. The van der Waals surface area contributed by atoms with Gasteiger partial charge in [0, 0.05) is 0 Å². The quantitative estimate of drug-likeness (QED) is 0.355. The van der Waals surface area contributed by atoms with Gasteiger partial charge in [-0.05, 0) is 0 Å². The topological polar surface area (TPSA) is 204 Å². The van der Waals surface area contributed by atoms with Crippen molar-refractivity contribution < 1.29 is 20.1 Å². The number of aliphatic hydroxyl groups excluding tert-OH is 3. The van der Waals surface area contributed by atoms with E-state index in [1.165, 1.54) is 0 Å². The van der Waals surface area contributed by atoms with E-state index in [2.05, 4.69) is 15.0 Å². The Hall–Kier alpha value is -2.61. The minimum Gasteiger partial charge on any atom is -0.394 e. The maximum absolute atomic E-state index is 12.1. The summed E-state index contributed by atoms with van der Waals surface area (Å²) in [7, 11) is 0. The van der Waals surface area contributed by atoms with Gasteiger partial charge in [0.2, 0.25) is 17.7 Å². The fourth-order valence-corrected chi connectivity index (χ4v) is 2.38. The maximum Gasteiger partial charge on any atom is 0.360 e. The molecule has 1 fully saturated rings. The molecule has 0 aromatic carbocycles. The van der Waals surface area contributed by atoms with Gasteiger partial charge in [-0.2, -0.15) is 19.4 Å². The lowest BCUT2D eigenvalue weighted by molar-refractivity contribution is -0.0535. The van der Waals surface area contributed by atoms with Gasteiger partial charge in [0.15, 0.2) is 6.23 Å². The van der Waals surface area contributed by atoms with Crippen LogP contribution in [0.4, 0.5) is 11.9 Å². The highest BCUT2D eigenvalue weighted by molar-refractivity contribution is 5.39. The first kappa shape index (κ1) is 15.3. The molecule has 3 heterocycles. The first-order valence-corrected chi connectivity index (χ1v) is 6.42. The number of fused-ring (bicyclic) bond motifs is 1. The Labute approximate surface area is 126 Å². The molecule has 0 saturated carbocycles. The van der Waals surface area contributed by atoms with Crippen molar-refractivity contribution in [3.8, 4) is 0 Å². The number of rotatable bonds is 2. The summed E-state index contributed by atoms with van der Waals surface area (Å²) in [5, 5.41) is 28.9. The van der Waals surface area contributed by atoms with E-state index in [1.807, 2.05) is 0 Å². The number of anilines is 2. The van der Waals surface area contributed by atoms with Crippen LogP contribution in [0.5, 0.6) is 0 Å². The third kappa shape index (κ3) is 2.22. The van der Waals surface area contributed by atoms with Gasteiger partial charge in [-0.15, -0.1) is 0 Å². The van der Waals surface area contributed by atoms with Gasteiger partial charge in [-0.25, -0.2) is 14.2 Å². The molecule has 13 heteroatoms. The third-order valence-electron chi connectivity index (χ3n) is 3.45. The summed E-state index contributed by atoms with van der Waals surface area (Å²) in [5.74, 6) is -1.27. The van der Waals surface area contributed by atoms with E-state index in [1.54, 1.807) is 0 Å². The van der Waals surface area contributed by atoms with Crippen LogP contribution in [-0.4, -0.2) is 64.2 Å². The van der Waals surface area contributed by atoms with Crippen molar-refractivity contribution in [1.29, 1.82) is 0 Å². The van der Waals surface area contributed by atoms with Crippen LogP contribution in [0.2, 0.25) is 0 Å². The molecule has 0 spiro atoms. The molecule has 124 valence electrons. The number of ether oxygens (including phenoxy) is 1. The molecule has 4 unspecified atom stereocenters. The van der Waals surface area contributed by atoms with Crippen LogP contribution in [0.3, 0.4) is 0 Å². The van der Waals surface area contributed by atoms with Crippen molar-refractivity contribution in [1.82, 2.24) is 23.9 Å². The van der Waals surface area contributed by atoms with E-state index in [0.29, 0.717) is 8.97 Å². The molecule has 13 nitrogen and oxygen atoms in total. The predicted octanol–water partition coefficient (Wildman–Crippen LogP) is -4.58. The Morgan fingerprint density at radius 3 is 2.39 bits per heavy atom. The maximum atomic E-state index is 12.1. The number of nitrogens with zero attached hydrogens (tertiary/aromatic N) is 5. The summed E-state index contributed by atoms with van der Waals surface area (Å²) in [5.41, 5.74) is 9.00. The second-order valence-electron chi connectivity index (χ2n) is 4.85. The number of aromatic nitrogens is 5. The van der Waals surface area contributed by atoms with Crippen LogP contribution in [0.15, 0.2) is 9.59 Å². The van der Waals surface area contributed by atoms with Crippen molar-refractivity contribution in [3.05, 3.63) is 21.0 Å². The Kier molecular flexibility index (Phi) is 3.48. The van der Waals surface area contributed by atoms with E-state index in [-0.39, 0.29) is 5.78 Å². The van der Waals surface area contributed by atoms with Crippen molar-refractivity contribution in [2.45, 2.75) is 24.5 Å². The Morgan fingerprint density at radius 1 is 1.09 bits per heavy atom. The zero-order chi connectivity index (χ0) is 16.9. The van der Waals surface area contributed by atoms with Gasteiger partial charge in [0.05, 0.1) is 6.61 Å². The van der Waals surface area contributed by atoms with E-state index < -0.39 is 54.4 Å². The lowest BCUT2D eigenvalue weighted by Crippen LogP contribution is -2.39. The lowest BCUT2D eigenvalue weighted by Gasteiger charge is -2.19. The number of aliphatic hydroxyl groups is 3. The highest BCUT2D eigenvalue weighted by atomic mass is 16.6. The molecule has 1 saturated heterocycles. The molecule has 1 aliphatic heterocycles. The number of hydrogen-bond acceptors (Lipinski definition) is 11. The zero-order valence-corrected chi connectivity index (χ0v) is 11.5. The summed E-state index contributed by atoms with van der Waals surface area (Å²) in [6, 6.07) is 0. The van der Waals surface area contributed by atoms with Gasteiger partial charge >= 0.3 is 11.4 Å². The van der Waals surface area contributed by atoms with E-state index in [9.17, 15) is 19.8 Å². The van der Waals surface area contributed by atoms with Crippen molar-refractivity contribution >= 4 is 17.7 Å². The summed E-state index contributed by atoms with van der Waals surface area (Å²) in [4.78, 5) is 34.6. The minimum atomic E-state index is -1.58. The molecule has 0 amide bonds. The fraction of sp³-hybridized carbons (Fsp3) is 0.500. The van der Waals surface area contributed by atoms with Crippen LogP contribution in [0.1, 0.15) is 6.23 Å². The summed E-state index contributed by atoms with van der Waals surface area (Å²) in [6.45, 7) is -0.596. The second-order valence-corrected chi connectivity index (χ2v) is 4.85. The van der Waals surface area contributed by atoms with Crippen LogP contribution < -0.4 is 22.8 Å². The molecule has 2 aromatic rings. The third-order valence-corrected chi connectivity index (χ3v) is 3.45. The Bertz CT molecular complexity index is 878. The highest BCUT2D eigenvalue weighted by Crippen LogP contribution is 2.29. The lowest BCUT2D eigenvalue weighted by atomic mass is 10.1. The summed E-state index contributed by atoms with van der Waals surface area (Å²) >= 11 is 0. The van der Waals surface area contributed by atoms with Crippen LogP contribution in [-0.2, 0) is 4.74 Å². The van der Waals surface area contributed by atoms with Crippen LogP contribution >= 0.6 is 0 Å². The van der Waals surface area contributed by atoms with Crippen LogP contribution in [0, 0.1) is 0 Å². The standard InChI is InChI=1S/C10H13N7O6/c11-6-13-8-16(5-4(20)3(19)2(1-18)23-5)10(22)15-7(12)17(8)9(21)14-6/h2-5,18-20H,1H2,(H2,11,14,21)(H2,12,15,22). The first-order valence-electron chi connectivity index (χ1n) is 6.42. The molecule has 0 radical (unpaired) electrons. The largest absolute Gasteiger partial charge is 0.394 e. The molecule has 0 aliphatic carbocycles. The SMILES string of the molecule is Nc1nc(=O)n2c(N)nc(=O)n(C3OC(CO)C(O)C3O)c2n1. The molecule has 2 aromatic heterocycles. The molecular formula is C10H13N7O6. The molecule has 1 aliphatic rings. The molecular weight excluding hydrogens is 314 g/mol. The van der Waals surface area contributed by atoms with Crippen LogP contribution in [0.25, 0.3) is 5.78 Å². The van der Waals surface area contributed by atoms with E-state index in [0.717, 1.165) is 0 Å². The fourth-order valence-electron chi connectivity index (χ4n) is 2.38.